The van der Waals surface area contributed by atoms with Crippen LogP contribution in [0.4, 0.5) is 0 Å². The molecule has 1 aliphatic rings. The fraction of sp³-hybridized carbons (Fsp3) is 0.300. The molecule has 1 amide bonds. The number of hydrogen-bond donors (Lipinski definition) is 1. The summed E-state index contributed by atoms with van der Waals surface area (Å²) in [6.07, 6.45) is 10.1. The quantitative estimate of drug-likeness (QED) is 0.761. The lowest BCUT2D eigenvalue weighted by atomic mass is 9.95. The van der Waals surface area contributed by atoms with Crippen molar-refractivity contribution in [3.63, 3.8) is 0 Å². The van der Waals surface area contributed by atoms with Gasteiger partial charge in [0, 0.05) is 28.3 Å². The van der Waals surface area contributed by atoms with Crippen LogP contribution in [0.1, 0.15) is 52.2 Å². The zero-order chi connectivity index (χ0) is 17.2. The van der Waals surface area contributed by atoms with Crippen LogP contribution in [0.3, 0.4) is 0 Å². The molecule has 1 atom stereocenters. The van der Waals surface area contributed by atoms with Gasteiger partial charge < -0.3 is 9.88 Å². The van der Waals surface area contributed by atoms with Gasteiger partial charge in [0.15, 0.2) is 0 Å². The Kier molecular flexibility index (Phi) is 4.40. The van der Waals surface area contributed by atoms with Crippen LogP contribution in [-0.2, 0) is 12.8 Å². The van der Waals surface area contributed by atoms with Gasteiger partial charge in [-0.3, -0.25) is 4.79 Å². The van der Waals surface area contributed by atoms with E-state index in [1.54, 1.807) is 23.9 Å². The number of amides is 1. The van der Waals surface area contributed by atoms with Gasteiger partial charge in [-0.05, 0) is 55.9 Å². The molecule has 2 aromatic heterocycles. The van der Waals surface area contributed by atoms with E-state index in [0.717, 1.165) is 29.7 Å². The number of nitrogens with one attached hydrogen (secondary N) is 1. The normalized spacial score (nSPS) is 14.8. The van der Waals surface area contributed by atoms with E-state index < -0.39 is 0 Å². The molecule has 1 aromatic carbocycles. The van der Waals surface area contributed by atoms with Crippen LogP contribution in [0.5, 0.6) is 0 Å². The first-order valence-corrected chi connectivity index (χ1v) is 9.59. The monoisotopic (exact) mass is 351 g/mol. The summed E-state index contributed by atoms with van der Waals surface area (Å²) >= 11 is 1.73. The third-order valence-corrected chi connectivity index (χ3v) is 5.94. The molecule has 4 nitrogen and oxygen atoms in total. The van der Waals surface area contributed by atoms with Crippen LogP contribution in [0.2, 0.25) is 0 Å². The van der Waals surface area contributed by atoms with Gasteiger partial charge in [0.1, 0.15) is 0 Å². The van der Waals surface area contributed by atoms with Gasteiger partial charge in [-0.15, -0.1) is 11.3 Å². The van der Waals surface area contributed by atoms with Crippen LogP contribution in [-0.4, -0.2) is 15.5 Å². The lowest BCUT2D eigenvalue weighted by molar-refractivity contribution is 0.0939. The first-order valence-electron chi connectivity index (χ1n) is 8.71. The zero-order valence-electron chi connectivity index (χ0n) is 14.2. The number of carbonyl (C=O) groups is 1. The smallest absolute Gasteiger partial charge is 0.252 e. The Balaban J connectivity index is 1.47. The second-order valence-electron chi connectivity index (χ2n) is 6.51. The maximum Gasteiger partial charge on any atom is 0.252 e. The molecule has 128 valence electrons. The van der Waals surface area contributed by atoms with Crippen molar-refractivity contribution in [1.82, 2.24) is 14.9 Å². The molecule has 4 rings (SSSR count). The highest BCUT2D eigenvalue weighted by molar-refractivity contribution is 7.10. The molecular formula is C20H21N3OS. The topological polar surface area (TPSA) is 46.9 Å². The van der Waals surface area contributed by atoms with E-state index in [1.807, 2.05) is 35.2 Å². The maximum absolute atomic E-state index is 12.7. The predicted molar refractivity (Wildman–Crippen MR) is 100 cm³/mol. The molecule has 25 heavy (non-hydrogen) atoms. The summed E-state index contributed by atoms with van der Waals surface area (Å²) in [5.41, 5.74) is 4.31. The largest absolute Gasteiger partial charge is 0.345 e. The molecule has 3 aromatic rings. The second-order valence-corrected chi connectivity index (χ2v) is 7.48. The van der Waals surface area contributed by atoms with Crippen LogP contribution >= 0.6 is 11.3 Å². The van der Waals surface area contributed by atoms with Gasteiger partial charge in [-0.2, -0.15) is 0 Å². The van der Waals surface area contributed by atoms with Crippen LogP contribution in [0.15, 0.2) is 48.4 Å². The van der Waals surface area contributed by atoms with Crippen molar-refractivity contribution >= 4 is 17.2 Å². The molecule has 0 saturated carbocycles. The lowest BCUT2D eigenvalue weighted by Crippen LogP contribution is -2.27. The number of rotatable bonds is 4. The Morgan fingerprint density at radius 1 is 1.24 bits per heavy atom. The molecule has 1 N–H and O–H groups in total. The maximum atomic E-state index is 12.7. The van der Waals surface area contributed by atoms with Crippen molar-refractivity contribution in [2.45, 2.75) is 38.6 Å². The van der Waals surface area contributed by atoms with Crippen LogP contribution in [0.25, 0.3) is 5.69 Å². The third-order valence-electron chi connectivity index (χ3n) is 4.85. The molecule has 0 aliphatic heterocycles. The highest BCUT2D eigenvalue weighted by Gasteiger charge is 2.21. The average Bonchev–Trinajstić information content (AvgIpc) is 3.31. The number of benzene rings is 1. The van der Waals surface area contributed by atoms with E-state index in [4.69, 9.17) is 0 Å². The van der Waals surface area contributed by atoms with Gasteiger partial charge in [0.25, 0.3) is 5.91 Å². The highest BCUT2D eigenvalue weighted by atomic mass is 32.1. The Hall–Kier alpha value is -2.40. The standard InChI is InChI=1S/C20H21N3OS/c1-14(15-6-8-16(9-7-15)23-11-10-21-13-23)22-20(24)18-12-25-19-5-3-2-4-17(18)19/h6-14H,2-5H2,1H3,(H,22,24)/t14-/m1/s1. The van der Waals surface area contributed by atoms with Crippen molar-refractivity contribution in [3.05, 3.63) is 69.9 Å². The van der Waals surface area contributed by atoms with Gasteiger partial charge in [0.2, 0.25) is 0 Å². The molecule has 0 spiro atoms. The van der Waals surface area contributed by atoms with Crippen molar-refractivity contribution in [1.29, 1.82) is 0 Å². The first-order chi connectivity index (χ1) is 12.2. The molecule has 0 unspecified atom stereocenters. The average molecular weight is 351 g/mol. The van der Waals surface area contributed by atoms with E-state index >= 15 is 0 Å². The molecule has 5 heteroatoms. The van der Waals surface area contributed by atoms with E-state index in [2.05, 4.69) is 22.4 Å². The number of aryl methyl sites for hydroxylation is 1. The Morgan fingerprint density at radius 3 is 2.80 bits per heavy atom. The number of nitrogens with zero attached hydrogens (tertiary/aromatic N) is 2. The van der Waals surface area contributed by atoms with Crippen molar-refractivity contribution in [2.75, 3.05) is 0 Å². The Morgan fingerprint density at radius 2 is 2.04 bits per heavy atom. The Bertz CT molecular complexity index is 865. The summed E-state index contributed by atoms with van der Waals surface area (Å²) in [6.45, 7) is 2.03. The van der Waals surface area contributed by atoms with Crippen LogP contribution in [0, 0.1) is 0 Å². The molecular weight excluding hydrogens is 330 g/mol. The van der Waals surface area contributed by atoms with E-state index in [1.165, 1.54) is 23.3 Å². The zero-order valence-corrected chi connectivity index (χ0v) is 15.1. The predicted octanol–water partition coefficient (Wildman–Crippen LogP) is 4.30. The summed E-state index contributed by atoms with van der Waals surface area (Å²) < 4.78 is 1.96. The molecule has 0 radical (unpaired) electrons. The summed E-state index contributed by atoms with van der Waals surface area (Å²) in [5, 5.41) is 5.18. The first kappa shape index (κ1) is 16.1. The van der Waals surface area contributed by atoms with Gasteiger partial charge in [-0.25, -0.2) is 4.98 Å². The van der Waals surface area contributed by atoms with Gasteiger partial charge in [0.05, 0.1) is 17.9 Å². The van der Waals surface area contributed by atoms with Crippen molar-refractivity contribution < 1.29 is 4.79 Å². The fourth-order valence-electron chi connectivity index (χ4n) is 3.39. The van der Waals surface area contributed by atoms with Gasteiger partial charge >= 0.3 is 0 Å². The van der Waals surface area contributed by atoms with E-state index in [0.29, 0.717) is 0 Å². The highest BCUT2D eigenvalue weighted by Crippen LogP contribution is 2.30. The molecule has 0 fully saturated rings. The number of aromatic nitrogens is 2. The minimum Gasteiger partial charge on any atom is -0.345 e. The number of hydrogen-bond acceptors (Lipinski definition) is 3. The van der Waals surface area contributed by atoms with Crippen molar-refractivity contribution in [3.8, 4) is 5.69 Å². The SMILES string of the molecule is C[C@@H](NC(=O)c1csc2c1CCCC2)c1ccc(-n2ccnc2)cc1. The molecule has 0 saturated heterocycles. The number of carbonyl (C=O) groups excluding carboxylic acids is 1. The molecule has 0 bridgehead atoms. The summed E-state index contributed by atoms with van der Waals surface area (Å²) in [4.78, 5) is 18.2. The van der Waals surface area contributed by atoms with E-state index in [-0.39, 0.29) is 11.9 Å². The van der Waals surface area contributed by atoms with Crippen LogP contribution < -0.4 is 5.32 Å². The fourth-order valence-corrected chi connectivity index (χ4v) is 4.51. The van der Waals surface area contributed by atoms with Crippen molar-refractivity contribution in [2.24, 2.45) is 0 Å². The third kappa shape index (κ3) is 3.24. The second kappa shape index (κ2) is 6.84. The minimum atomic E-state index is -0.0246. The summed E-state index contributed by atoms with van der Waals surface area (Å²) in [6, 6.07) is 8.19. The summed E-state index contributed by atoms with van der Waals surface area (Å²) in [5.74, 6) is 0.0468. The van der Waals surface area contributed by atoms with E-state index in [9.17, 15) is 4.79 Å². The Labute approximate surface area is 151 Å². The molecule has 2 heterocycles. The lowest BCUT2D eigenvalue weighted by Gasteiger charge is -2.17. The minimum absolute atomic E-state index is 0.0246. The molecule has 1 aliphatic carbocycles. The summed E-state index contributed by atoms with van der Waals surface area (Å²) in [7, 11) is 0. The number of imidazole rings is 1. The van der Waals surface area contributed by atoms with Gasteiger partial charge in [-0.1, -0.05) is 12.1 Å². The number of thiophene rings is 1. The number of fused-ring (bicyclic) bond motifs is 1.